The number of hydrogen-bond acceptors (Lipinski definition) is 3. The summed E-state index contributed by atoms with van der Waals surface area (Å²) in [5, 5.41) is 0. The molecule has 1 saturated heterocycles. The molecule has 1 heterocycles. The molecule has 1 aliphatic rings. The van der Waals surface area contributed by atoms with E-state index in [9.17, 15) is 9.59 Å². The third-order valence-corrected chi connectivity index (χ3v) is 4.19. The Balaban J connectivity index is 1.70. The summed E-state index contributed by atoms with van der Waals surface area (Å²) in [6.45, 7) is 2.35. The standard InChI is InChI=1S/C20H22N2O3/c23-19(21-13-15-25-16-14-21)11-12-20(24)22(17-7-3-1-4-8-17)18-9-5-2-6-10-18/h1-10H,11-16H2. The molecule has 25 heavy (non-hydrogen) atoms. The van der Waals surface area contributed by atoms with Crippen molar-refractivity contribution in [2.24, 2.45) is 0 Å². The van der Waals surface area contributed by atoms with Crippen molar-refractivity contribution in [2.45, 2.75) is 12.8 Å². The van der Waals surface area contributed by atoms with Crippen molar-refractivity contribution in [3.05, 3.63) is 60.7 Å². The molecule has 1 fully saturated rings. The van der Waals surface area contributed by atoms with Crippen molar-refractivity contribution in [1.29, 1.82) is 0 Å². The van der Waals surface area contributed by atoms with E-state index >= 15 is 0 Å². The highest BCUT2D eigenvalue weighted by atomic mass is 16.5. The number of anilines is 2. The molecule has 0 spiro atoms. The molecule has 0 aliphatic carbocycles. The van der Waals surface area contributed by atoms with Crippen LogP contribution < -0.4 is 4.90 Å². The Labute approximate surface area is 147 Å². The van der Waals surface area contributed by atoms with E-state index in [4.69, 9.17) is 4.74 Å². The Morgan fingerprint density at radius 1 is 0.840 bits per heavy atom. The van der Waals surface area contributed by atoms with Gasteiger partial charge in [-0.25, -0.2) is 0 Å². The minimum Gasteiger partial charge on any atom is -0.378 e. The molecular formula is C20H22N2O3. The molecule has 0 atom stereocenters. The average Bonchev–Trinajstić information content (AvgIpc) is 2.69. The second kappa shape index (κ2) is 8.44. The molecule has 0 aromatic heterocycles. The van der Waals surface area contributed by atoms with Crippen molar-refractivity contribution in [3.8, 4) is 0 Å². The van der Waals surface area contributed by atoms with Gasteiger partial charge in [0.1, 0.15) is 0 Å². The predicted molar refractivity (Wildman–Crippen MR) is 96.7 cm³/mol. The molecule has 0 N–H and O–H groups in total. The third kappa shape index (κ3) is 4.45. The largest absolute Gasteiger partial charge is 0.378 e. The SMILES string of the molecule is O=C(CCC(=O)N(c1ccccc1)c1ccccc1)N1CCOCC1. The minimum absolute atomic E-state index is 0.0118. The van der Waals surface area contributed by atoms with Gasteiger partial charge in [-0.15, -0.1) is 0 Å². The molecule has 0 radical (unpaired) electrons. The molecule has 0 unspecified atom stereocenters. The zero-order valence-electron chi connectivity index (χ0n) is 14.1. The summed E-state index contributed by atoms with van der Waals surface area (Å²) < 4.78 is 5.26. The first-order valence-electron chi connectivity index (χ1n) is 8.54. The van der Waals surface area contributed by atoms with E-state index in [1.807, 2.05) is 60.7 Å². The van der Waals surface area contributed by atoms with E-state index in [1.165, 1.54) is 0 Å². The van der Waals surface area contributed by atoms with E-state index in [1.54, 1.807) is 9.80 Å². The van der Waals surface area contributed by atoms with Crippen molar-refractivity contribution in [3.63, 3.8) is 0 Å². The fourth-order valence-electron chi connectivity index (χ4n) is 2.89. The van der Waals surface area contributed by atoms with Crippen LogP contribution in [-0.4, -0.2) is 43.0 Å². The summed E-state index contributed by atoms with van der Waals surface area (Å²) >= 11 is 0. The second-order valence-corrected chi connectivity index (χ2v) is 5.89. The lowest BCUT2D eigenvalue weighted by Gasteiger charge is -2.27. The molecule has 2 aromatic carbocycles. The predicted octanol–water partition coefficient (Wildman–Crippen LogP) is 2.99. The smallest absolute Gasteiger partial charge is 0.232 e. The van der Waals surface area contributed by atoms with Crippen LogP contribution in [0.2, 0.25) is 0 Å². The maximum absolute atomic E-state index is 12.9. The van der Waals surface area contributed by atoms with Crippen LogP contribution in [-0.2, 0) is 14.3 Å². The maximum atomic E-state index is 12.9. The van der Waals surface area contributed by atoms with Crippen LogP contribution in [0, 0.1) is 0 Å². The monoisotopic (exact) mass is 338 g/mol. The first kappa shape index (κ1) is 17.2. The normalized spacial score (nSPS) is 14.2. The zero-order chi connectivity index (χ0) is 17.5. The lowest BCUT2D eigenvalue weighted by atomic mass is 10.2. The molecule has 5 nitrogen and oxygen atoms in total. The van der Waals surface area contributed by atoms with E-state index in [0.29, 0.717) is 26.3 Å². The molecule has 0 saturated carbocycles. The fourth-order valence-corrected chi connectivity index (χ4v) is 2.89. The highest BCUT2D eigenvalue weighted by Gasteiger charge is 2.21. The number of nitrogens with zero attached hydrogens (tertiary/aromatic N) is 2. The van der Waals surface area contributed by atoms with Crippen LogP contribution in [0.4, 0.5) is 11.4 Å². The fraction of sp³-hybridized carbons (Fsp3) is 0.300. The first-order valence-corrected chi connectivity index (χ1v) is 8.54. The van der Waals surface area contributed by atoms with Gasteiger partial charge in [-0.3, -0.25) is 14.5 Å². The van der Waals surface area contributed by atoms with Gasteiger partial charge in [0.15, 0.2) is 0 Å². The van der Waals surface area contributed by atoms with E-state index in [2.05, 4.69) is 0 Å². The van der Waals surface area contributed by atoms with Gasteiger partial charge < -0.3 is 9.64 Å². The minimum atomic E-state index is -0.0843. The van der Waals surface area contributed by atoms with Gasteiger partial charge in [0, 0.05) is 37.3 Å². The molecule has 1 aliphatic heterocycles. The molecular weight excluding hydrogens is 316 g/mol. The number of hydrogen-bond donors (Lipinski definition) is 0. The van der Waals surface area contributed by atoms with Crippen LogP contribution in [0.15, 0.2) is 60.7 Å². The third-order valence-electron chi connectivity index (χ3n) is 4.19. The van der Waals surface area contributed by atoms with Crippen LogP contribution in [0.5, 0.6) is 0 Å². The first-order chi connectivity index (χ1) is 12.3. The number of ether oxygens (including phenoxy) is 1. The summed E-state index contributed by atoms with van der Waals surface area (Å²) in [5.41, 5.74) is 1.61. The number of amides is 2. The van der Waals surface area contributed by atoms with Crippen molar-refractivity contribution in [1.82, 2.24) is 4.90 Å². The van der Waals surface area contributed by atoms with Crippen LogP contribution >= 0.6 is 0 Å². The van der Waals surface area contributed by atoms with Gasteiger partial charge >= 0.3 is 0 Å². The molecule has 2 aromatic rings. The summed E-state index contributed by atoms with van der Waals surface area (Å²) in [4.78, 5) is 28.6. The summed E-state index contributed by atoms with van der Waals surface area (Å²) in [6.07, 6.45) is 0.398. The number of rotatable bonds is 5. The Hall–Kier alpha value is -2.66. The van der Waals surface area contributed by atoms with Gasteiger partial charge in [0.25, 0.3) is 0 Å². The Kier molecular flexibility index (Phi) is 5.80. The van der Waals surface area contributed by atoms with E-state index in [-0.39, 0.29) is 24.7 Å². The Morgan fingerprint density at radius 3 is 1.88 bits per heavy atom. The quantitative estimate of drug-likeness (QED) is 0.842. The van der Waals surface area contributed by atoms with Gasteiger partial charge in [0.2, 0.25) is 11.8 Å². The molecule has 0 bridgehead atoms. The van der Waals surface area contributed by atoms with E-state index < -0.39 is 0 Å². The summed E-state index contributed by atoms with van der Waals surface area (Å²) in [5.74, 6) is -0.0725. The summed E-state index contributed by atoms with van der Waals surface area (Å²) in [7, 11) is 0. The highest BCUT2D eigenvalue weighted by molar-refractivity contribution is 6.01. The van der Waals surface area contributed by atoms with Crippen molar-refractivity contribution in [2.75, 3.05) is 31.2 Å². The maximum Gasteiger partial charge on any atom is 0.232 e. The highest BCUT2D eigenvalue weighted by Crippen LogP contribution is 2.26. The topological polar surface area (TPSA) is 49.9 Å². The molecule has 2 amide bonds. The van der Waals surface area contributed by atoms with Crippen molar-refractivity contribution < 1.29 is 14.3 Å². The number of morpholine rings is 1. The number of carbonyl (C=O) groups excluding carboxylic acids is 2. The van der Waals surface area contributed by atoms with Crippen molar-refractivity contribution >= 4 is 23.2 Å². The number of carbonyl (C=O) groups is 2. The summed E-state index contributed by atoms with van der Waals surface area (Å²) in [6, 6.07) is 19.0. The average molecular weight is 338 g/mol. The Bertz CT molecular complexity index is 658. The van der Waals surface area contributed by atoms with Crippen LogP contribution in [0.1, 0.15) is 12.8 Å². The van der Waals surface area contributed by atoms with Gasteiger partial charge in [-0.2, -0.15) is 0 Å². The Morgan fingerprint density at radius 2 is 1.36 bits per heavy atom. The lowest BCUT2D eigenvalue weighted by molar-refractivity contribution is -0.136. The number of benzene rings is 2. The van der Waals surface area contributed by atoms with Gasteiger partial charge in [0.05, 0.1) is 13.2 Å². The second-order valence-electron chi connectivity index (χ2n) is 5.89. The zero-order valence-corrected chi connectivity index (χ0v) is 14.1. The lowest BCUT2D eigenvalue weighted by Crippen LogP contribution is -2.41. The van der Waals surface area contributed by atoms with Gasteiger partial charge in [-0.05, 0) is 24.3 Å². The van der Waals surface area contributed by atoms with Gasteiger partial charge in [-0.1, -0.05) is 36.4 Å². The van der Waals surface area contributed by atoms with E-state index in [0.717, 1.165) is 11.4 Å². The number of para-hydroxylation sites is 2. The molecule has 130 valence electrons. The molecule has 3 rings (SSSR count). The van der Waals surface area contributed by atoms with Crippen LogP contribution in [0.3, 0.4) is 0 Å². The van der Waals surface area contributed by atoms with Crippen LogP contribution in [0.25, 0.3) is 0 Å². The molecule has 5 heteroatoms.